The molecular weight excluding hydrogens is 174 g/mol. The molecule has 0 aromatic heterocycles. The number of hydrogen-bond donors (Lipinski definition) is 1. The fourth-order valence-electron chi connectivity index (χ4n) is 1.01. The van der Waals surface area contributed by atoms with Crippen molar-refractivity contribution in [2.45, 2.75) is 26.7 Å². The molecule has 0 aliphatic carbocycles. The van der Waals surface area contributed by atoms with Crippen molar-refractivity contribution in [1.29, 1.82) is 0 Å². The van der Waals surface area contributed by atoms with Crippen LogP contribution in [0.3, 0.4) is 0 Å². The van der Waals surface area contributed by atoms with Gasteiger partial charge < -0.3 is 5.32 Å². The Labute approximate surface area is 75.5 Å². The van der Waals surface area contributed by atoms with Crippen molar-refractivity contribution in [2.24, 2.45) is 0 Å². The summed E-state index contributed by atoms with van der Waals surface area (Å²) in [4.78, 5) is 0. The van der Waals surface area contributed by atoms with E-state index in [-0.39, 0.29) is 0 Å². The second kappa shape index (κ2) is 6.43. The third-order valence-electron chi connectivity index (χ3n) is 1.57. The Morgan fingerprint density at radius 3 is 2.33 bits per heavy atom. The summed E-state index contributed by atoms with van der Waals surface area (Å²) in [7, 11) is -2.75. The molecule has 0 fully saturated rings. The Kier molecular flexibility index (Phi) is 6.38. The largest absolute Gasteiger partial charge is 0.317 e. The summed E-state index contributed by atoms with van der Waals surface area (Å²) in [5, 5.41) is 3.10. The number of sulfone groups is 1. The van der Waals surface area contributed by atoms with Gasteiger partial charge in [-0.3, -0.25) is 0 Å². The average molecular weight is 193 g/mol. The molecule has 0 rings (SSSR count). The topological polar surface area (TPSA) is 46.2 Å². The summed E-state index contributed by atoms with van der Waals surface area (Å²) >= 11 is 0. The zero-order valence-corrected chi connectivity index (χ0v) is 8.78. The summed E-state index contributed by atoms with van der Waals surface area (Å²) in [6.07, 6.45) is 1.46. The zero-order valence-electron chi connectivity index (χ0n) is 7.97. The summed E-state index contributed by atoms with van der Waals surface area (Å²) in [6, 6.07) is 0. The van der Waals surface area contributed by atoms with Crippen molar-refractivity contribution in [2.75, 3.05) is 24.6 Å². The van der Waals surface area contributed by atoms with Gasteiger partial charge in [-0.15, -0.1) is 0 Å². The van der Waals surface area contributed by atoms with E-state index >= 15 is 0 Å². The van der Waals surface area contributed by atoms with E-state index in [2.05, 4.69) is 5.32 Å². The van der Waals surface area contributed by atoms with E-state index in [9.17, 15) is 8.42 Å². The molecule has 0 spiro atoms. The van der Waals surface area contributed by atoms with E-state index in [0.717, 1.165) is 25.9 Å². The smallest absolute Gasteiger partial charge is 0.150 e. The molecule has 0 amide bonds. The SMILES string of the molecule is CCCS(=O)(=O)CCCNCC. The zero-order chi connectivity index (χ0) is 9.45. The van der Waals surface area contributed by atoms with Crippen LogP contribution in [0.1, 0.15) is 26.7 Å². The quantitative estimate of drug-likeness (QED) is 0.609. The molecule has 0 radical (unpaired) electrons. The van der Waals surface area contributed by atoms with Gasteiger partial charge >= 0.3 is 0 Å². The highest BCUT2D eigenvalue weighted by Gasteiger charge is 2.07. The van der Waals surface area contributed by atoms with Crippen LogP contribution in [-0.4, -0.2) is 33.0 Å². The summed E-state index contributed by atoms with van der Waals surface area (Å²) < 4.78 is 22.3. The van der Waals surface area contributed by atoms with Gasteiger partial charge in [-0.1, -0.05) is 13.8 Å². The van der Waals surface area contributed by atoms with Crippen LogP contribution < -0.4 is 5.32 Å². The Balaban J connectivity index is 3.48. The van der Waals surface area contributed by atoms with Gasteiger partial charge in [0.2, 0.25) is 0 Å². The van der Waals surface area contributed by atoms with Gasteiger partial charge in [0.15, 0.2) is 0 Å². The van der Waals surface area contributed by atoms with E-state index in [1.165, 1.54) is 0 Å². The van der Waals surface area contributed by atoms with Crippen molar-refractivity contribution in [3.8, 4) is 0 Å². The van der Waals surface area contributed by atoms with Gasteiger partial charge in [0, 0.05) is 5.75 Å². The fourth-order valence-corrected chi connectivity index (χ4v) is 2.42. The van der Waals surface area contributed by atoms with E-state index in [1.807, 2.05) is 13.8 Å². The number of rotatable bonds is 7. The first-order chi connectivity index (χ1) is 5.62. The van der Waals surface area contributed by atoms with Crippen LogP contribution in [0.4, 0.5) is 0 Å². The van der Waals surface area contributed by atoms with Gasteiger partial charge in [-0.2, -0.15) is 0 Å². The van der Waals surface area contributed by atoms with Crippen LogP contribution in [0.2, 0.25) is 0 Å². The highest BCUT2D eigenvalue weighted by Crippen LogP contribution is 1.95. The van der Waals surface area contributed by atoms with Crippen molar-refractivity contribution in [1.82, 2.24) is 5.32 Å². The van der Waals surface area contributed by atoms with Crippen LogP contribution in [0.25, 0.3) is 0 Å². The number of hydrogen-bond acceptors (Lipinski definition) is 3. The molecule has 4 heteroatoms. The monoisotopic (exact) mass is 193 g/mol. The van der Waals surface area contributed by atoms with Crippen LogP contribution >= 0.6 is 0 Å². The second-order valence-corrected chi connectivity index (χ2v) is 5.16. The maximum absolute atomic E-state index is 11.2. The van der Waals surface area contributed by atoms with Gasteiger partial charge in [0.25, 0.3) is 0 Å². The minimum Gasteiger partial charge on any atom is -0.317 e. The molecule has 12 heavy (non-hydrogen) atoms. The third kappa shape index (κ3) is 6.61. The fraction of sp³-hybridized carbons (Fsp3) is 1.00. The average Bonchev–Trinajstić information content (AvgIpc) is 1.98. The first kappa shape index (κ1) is 11.9. The van der Waals surface area contributed by atoms with Gasteiger partial charge in [-0.05, 0) is 25.9 Å². The molecule has 0 aliphatic rings. The molecule has 0 aromatic rings. The molecule has 0 unspecified atom stereocenters. The van der Waals surface area contributed by atoms with E-state index < -0.39 is 9.84 Å². The maximum atomic E-state index is 11.2. The molecule has 0 saturated heterocycles. The van der Waals surface area contributed by atoms with Crippen molar-refractivity contribution >= 4 is 9.84 Å². The summed E-state index contributed by atoms with van der Waals surface area (Å²) in [6.45, 7) is 5.62. The predicted molar refractivity (Wildman–Crippen MR) is 52.1 cm³/mol. The standard InChI is InChI=1S/C8H19NO2S/c1-3-7-12(10,11)8-5-6-9-4-2/h9H,3-8H2,1-2H3. The van der Waals surface area contributed by atoms with Crippen molar-refractivity contribution in [3.63, 3.8) is 0 Å². The lowest BCUT2D eigenvalue weighted by molar-refractivity contribution is 0.588. The van der Waals surface area contributed by atoms with Gasteiger partial charge in [0.05, 0.1) is 5.75 Å². The van der Waals surface area contributed by atoms with Crippen LogP contribution in [0.15, 0.2) is 0 Å². The first-order valence-electron chi connectivity index (χ1n) is 4.53. The number of nitrogens with one attached hydrogen (secondary N) is 1. The normalized spacial score (nSPS) is 11.8. The minimum atomic E-state index is -2.75. The highest BCUT2D eigenvalue weighted by molar-refractivity contribution is 7.91. The molecule has 0 heterocycles. The van der Waals surface area contributed by atoms with E-state index in [4.69, 9.17) is 0 Å². The Morgan fingerprint density at radius 1 is 1.17 bits per heavy atom. The van der Waals surface area contributed by atoms with Crippen LogP contribution in [0.5, 0.6) is 0 Å². The summed E-state index contributed by atoms with van der Waals surface area (Å²) in [5.41, 5.74) is 0. The van der Waals surface area contributed by atoms with Crippen LogP contribution in [0, 0.1) is 0 Å². The molecule has 74 valence electrons. The van der Waals surface area contributed by atoms with Crippen LogP contribution in [-0.2, 0) is 9.84 Å². The summed E-state index contributed by atoms with van der Waals surface area (Å²) in [5.74, 6) is 0.660. The molecule has 1 N–H and O–H groups in total. The van der Waals surface area contributed by atoms with Gasteiger partial charge in [0.1, 0.15) is 9.84 Å². The van der Waals surface area contributed by atoms with Crippen molar-refractivity contribution < 1.29 is 8.42 Å². The lowest BCUT2D eigenvalue weighted by Gasteiger charge is -2.02. The maximum Gasteiger partial charge on any atom is 0.150 e. The molecule has 0 atom stereocenters. The predicted octanol–water partition coefficient (Wildman–Crippen LogP) is 0.811. The molecule has 0 bridgehead atoms. The third-order valence-corrected chi connectivity index (χ3v) is 3.51. The molecule has 0 saturated carbocycles. The molecule has 0 aromatic carbocycles. The highest BCUT2D eigenvalue weighted by atomic mass is 32.2. The molecular formula is C8H19NO2S. The van der Waals surface area contributed by atoms with E-state index in [1.54, 1.807) is 0 Å². The Bertz CT molecular complexity index is 187. The lowest BCUT2D eigenvalue weighted by atomic mass is 10.5. The minimum absolute atomic E-state index is 0.327. The first-order valence-corrected chi connectivity index (χ1v) is 6.35. The lowest BCUT2D eigenvalue weighted by Crippen LogP contribution is -2.19. The molecule has 0 aliphatic heterocycles. The Hall–Kier alpha value is -0.0900. The molecule has 3 nitrogen and oxygen atoms in total. The second-order valence-electron chi connectivity index (χ2n) is 2.86. The van der Waals surface area contributed by atoms with E-state index in [0.29, 0.717) is 11.5 Å². The van der Waals surface area contributed by atoms with Crippen molar-refractivity contribution in [3.05, 3.63) is 0 Å². The Morgan fingerprint density at radius 2 is 1.83 bits per heavy atom. The van der Waals surface area contributed by atoms with Gasteiger partial charge in [-0.25, -0.2) is 8.42 Å².